The van der Waals surface area contributed by atoms with E-state index in [1.807, 2.05) is 12.1 Å². The van der Waals surface area contributed by atoms with Crippen molar-refractivity contribution in [2.45, 2.75) is 39.5 Å². The summed E-state index contributed by atoms with van der Waals surface area (Å²) in [5, 5.41) is 14.0. The van der Waals surface area contributed by atoms with Gasteiger partial charge in [-0.3, -0.25) is 19.2 Å². The predicted octanol–water partition coefficient (Wildman–Crippen LogP) is 4.28. The maximum absolute atomic E-state index is 12.6. The Bertz CT molecular complexity index is 1450. The number of benzene rings is 2. The maximum Gasteiger partial charge on any atom is 0.307 e. The fraction of sp³-hybridized carbons (Fsp3) is 0.267. The van der Waals surface area contributed by atoms with E-state index >= 15 is 0 Å². The minimum atomic E-state index is -0.633. The second-order valence-electron chi connectivity index (χ2n) is 10.1. The minimum Gasteiger partial charge on any atom is -0.446 e. The number of carbonyl (C=O) groups is 4. The van der Waals surface area contributed by atoms with E-state index in [2.05, 4.69) is 31.7 Å². The van der Waals surface area contributed by atoms with Gasteiger partial charge in [0.25, 0.3) is 0 Å². The summed E-state index contributed by atoms with van der Waals surface area (Å²) in [6, 6.07) is 17.1. The molecule has 41 heavy (non-hydrogen) atoms. The summed E-state index contributed by atoms with van der Waals surface area (Å²) in [7, 11) is 0. The van der Waals surface area contributed by atoms with Crippen molar-refractivity contribution in [2.75, 3.05) is 10.6 Å². The van der Waals surface area contributed by atoms with Crippen LogP contribution < -0.4 is 21.5 Å². The second-order valence-corrected chi connectivity index (χ2v) is 10.1. The molecule has 5 rings (SSSR count). The molecule has 2 aliphatic rings. The molecule has 4 amide bonds. The highest BCUT2D eigenvalue weighted by Crippen LogP contribution is 2.31. The van der Waals surface area contributed by atoms with E-state index < -0.39 is 11.8 Å². The number of amides is 4. The maximum atomic E-state index is 12.6. The third-order valence-corrected chi connectivity index (χ3v) is 6.70. The van der Waals surface area contributed by atoms with Crippen molar-refractivity contribution < 1.29 is 23.6 Å². The van der Waals surface area contributed by atoms with Crippen LogP contribution in [-0.2, 0) is 9.59 Å². The van der Waals surface area contributed by atoms with Gasteiger partial charge in [-0.1, -0.05) is 24.3 Å². The Morgan fingerprint density at radius 3 is 1.46 bits per heavy atom. The predicted molar refractivity (Wildman–Crippen MR) is 154 cm³/mol. The third-order valence-electron chi connectivity index (χ3n) is 6.70. The number of nitrogens with zero attached hydrogens (tertiary/aromatic N) is 2. The van der Waals surface area contributed by atoms with E-state index in [4.69, 9.17) is 4.42 Å². The van der Waals surface area contributed by atoms with Crippen LogP contribution >= 0.6 is 0 Å². The van der Waals surface area contributed by atoms with E-state index in [-0.39, 0.29) is 35.2 Å². The fourth-order valence-electron chi connectivity index (χ4n) is 3.91. The first-order valence-corrected chi connectivity index (χ1v) is 13.4. The van der Waals surface area contributed by atoms with Crippen LogP contribution in [0.25, 0.3) is 0 Å². The van der Waals surface area contributed by atoms with Gasteiger partial charge in [0.15, 0.2) is 11.5 Å². The van der Waals surface area contributed by atoms with E-state index in [0.29, 0.717) is 22.8 Å². The van der Waals surface area contributed by atoms with Crippen molar-refractivity contribution in [3.63, 3.8) is 0 Å². The third kappa shape index (κ3) is 7.33. The van der Waals surface area contributed by atoms with E-state index in [0.717, 1.165) is 36.8 Å². The molecule has 1 aromatic heterocycles. The lowest BCUT2D eigenvalue weighted by atomic mass is 10.1. The Morgan fingerprint density at radius 2 is 1.07 bits per heavy atom. The number of anilines is 2. The van der Waals surface area contributed by atoms with Crippen LogP contribution in [-0.4, -0.2) is 35.1 Å². The lowest BCUT2D eigenvalue weighted by Crippen LogP contribution is -2.20. The molecule has 0 spiro atoms. The van der Waals surface area contributed by atoms with Gasteiger partial charge in [-0.25, -0.2) is 10.9 Å². The van der Waals surface area contributed by atoms with Crippen LogP contribution in [0.5, 0.6) is 0 Å². The molecular weight excluding hydrogens is 524 g/mol. The van der Waals surface area contributed by atoms with E-state index in [1.165, 1.54) is 12.1 Å². The highest BCUT2D eigenvalue weighted by atomic mass is 16.4. The molecule has 1 heterocycles. The molecule has 0 radical (unpaired) electrons. The molecule has 0 saturated heterocycles. The van der Waals surface area contributed by atoms with E-state index in [1.54, 1.807) is 50.2 Å². The summed E-state index contributed by atoms with van der Waals surface area (Å²) in [6.45, 7) is 3.44. The van der Waals surface area contributed by atoms with Gasteiger partial charge >= 0.3 is 11.8 Å². The molecule has 2 fully saturated rings. The van der Waals surface area contributed by atoms with Crippen LogP contribution in [0.4, 0.5) is 11.4 Å². The average Bonchev–Trinajstić information content (AvgIpc) is 3.92. The van der Waals surface area contributed by atoms with Gasteiger partial charge in [-0.15, -0.1) is 0 Å². The minimum absolute atomic E-state index is 0.00638. The highest BCUT2D eigenvalue weighted by Gasteiger charge is 2.30. The molecule has 2 saturated carbocycles. The first-order chi connectivity index (χ1) is 19.8. The largest absolute Gasteiger partial charge is 0.446 e. The number of furan rings is 1. The van der Waals surface area contributed by atoms with Crippen LogP contribution in [0.3, 0.4) is 0 Å². The Hall–Kier alpha value is -5.06. The Labute approximate surface area is 236 Å². The van der Waals surface area contributed by atoms with Gasteiger partial charge in [0.2, 0.25) is 11.8 Å². The first kappa shape index (κ1) is 27.5. The van der Waals surface area contributed by atoms with Crippen molar-refractivity contribution in [3.05, 3.63) is 83.3 Å². The molecule has 11 heteroatoms. The van der Waals surface area contributed by atoms with Crippen LogP contribution in [0, 0.1) is 11.8 Å². The van der Waals surface area contributed by atoms with Crippen LogP contribution in [0.15, 0.2) is 75.3 Å². The SMILES string of the molecule is C/C(=N\NC(=O)c1ccc(C(=O)N/N=C(\C)c2cccc(NC(=O)C3CC3)c2)o1)c1cccc(NC(=O)C2CC2)c1. The van der Waals surface area contributed by atoms with Gasteiger partial charge in [-0.2, -0.15) is 10.2 Å². The van der Waals surface area contributed by atoms with Gasteiger partial charge < -0.3 is 15.1 Å². The second kappa shape index (κ2) is 12.0. The summed E-state index contributed by atoms with van der Waals surface area (Å²) in [4.78, 5) is 49.2. The molecule has 0 unspecified atom stereocenters. The Balaban J connectivity index is 1.15. The Morgan fingerprint density at radius 1 is 0.659 bits per heavy atom. The topological polar surface area (TPSA) is 154 Å². The normalized spacial score (nSPS) is 15.2. The smallest absolute Gasteiger partial charge is 0.307 e. The van der Waals surface area contributed by atoms with Crippen LogP contribution in [0.1, 0.15) is 71.8 Å². The average molecular weight is 555 g/mol. The molecule has 11 nitrogen and oxygen atoms in total. The lowest BCUT2D eigenvalue weighted by Gasteiger charge is -2.07. The van der Waals surface area contributed by atoms with Crippen LogP contribution in [0.2, 0.25) is 0 Å². The zero-order chi connectivity index (χ0) is 28.9. The van der Waals surface area contributed by atoms with Gasteiger partial charge in [0, 0.05) is 23.2 Å². The monoisotopic (exact) mass is 554 g/mol. The fourth-order valence-corrected chi connectivity index (χ4v) is 3.91. The first-order valence-electron chi connectivity index (χ1n) is 13.4. The van der Waals surface area contributed by atoms with Crippen molar-refractivity contribution in [2.24, 2.45) is 22.0 Å². The number of hydrogen-bond acceptors (Lipinski definition) is 7. The lowest BCUT2D eigenvalue weighted by molar-refractivity contribution is -0.118. The van der Waals surface area contributed by atoms with Crippen molar-refractivity contribution in [3.8, 4) is 0 Å². The molecule has 3 aromatic rings. The summed E-state index contributed by atoms with van der Waals surface area (Å²) in [5.74, 6) is -1.27. The number of rotatable bonds is 10. The molecule has 4 N–H and O–H groups in total. The van der Waals surface area contributed by atoms with E-state index in [9.17, 15) is 19.2 Å². The molecular formula is C30H30N6O5. The van der Waals surface area contributed by atoms with Gasteiger partial charge in [0.05, 0.1) is 11.4 Å². The number of hydrazone groups is 2. The summed E-state index contributed by atoms with van der Waals surface area (Å²) >= 11 is 0. The molecule has 0 atom stereocenters. The summed E-state index contributed by atoms with van der Waals surface area (Å²) in [5.41, 5.74) is 8.64. The number of hydrogen-bond donors (Lipinski definition) is 4. The quantitative estimate of drug-likeness (QED) is 0.218. The summed E-state index contributed by atoms with van der Waals surface area (Å²) < 4.78 is 5.41. The van der Waals surface area contributed by atoms with Crippen molar-refractivity contribution >= 4 is 46.4 Å². The number of carbonyl (C=O) groups excluding carboxylic acids is 4. The zero-order valence-electron chi connectivity index (χ0n) is 22.7. The highest BCUT2D eigenvalue weighted by molar-refractivity contribution is 6.03. The molecule has 210 valence electrons. The molecule has 2 aromatic carbocycles. The van der Waals surface area contributed by atoms with Crippen molar-refractivity contribution in [1.29, 1.82) is 0 Å². The van der Waals surface area contributed by atoms with Gasteiger partial charge in [-0.05, 0) is 87.1 Å². The molecule has 0 bridgehead atoms. The zero-order valence-corrected chi connectivity index (χ0v) is 22.7. The number of nitrogens with one attached hydrogen (secondary N) is 4. The summed E-state index contributed by atoms with van der Waals surface area (Å²) in [6.07, 6.45) is 3.66. The molecule has 0 aliphatic heterocycles. The standard InChI is InChI=1S/C30H30N6O5/c1-17(21-5-3-7-23(15-21)31-27(37)19-9-10-19)33-35-29(39)25-13-14-26(41-25)30(40)36-34-18(2)22-6-4-8-24(16-22)32-28(38)20-11-12-20/h3-8,13-16,19-20H,9-12H2,1-2H3,(H,31,37)(H,32,38)(H,35,39)(H,36,40)/b33-17+,34-18+. The Kier molecular flexibility index (Phi) is 8.04. The van der Waals surface area contributed by atoms with Crippen molar-refractivity contribution in [1.82, 2.24) is 10.9 Å². The van der Waals surface area contributed by atoms with Gasteiger partial charge in [0.1, 0.15) is 0 Å². The molecule has 2 aliphatic carbocycles.